The Kier molecular flexibility index (Phi) is 5.08. The van der Waals surface area contributed by atoms with Crippen molar-refractivity contribution in [1.29, 1.82) is 0 Å². The normalized spacial score (nSPS) is 14.9. The summed E-state index contributed by atoms with van der Waals surface area (Å²) < 4.78 is 0. The van der Waals surface area contributed by atoms with Crippen LogP contribution in [0.25, 0.3) is 0 Å². The van der Waals surface area contributed by atoms with E-state index in [1.165, 1.54) is 0 Å². The summed E-state index contributed by atoms with van der Waals surface area (Å²) in [6.45, 7) is 4.19. The molecule has 1 rings (SSSR count). The Hall–Kier alpha value is -0.580. The Bertz CT molecular complexity index is 287. The second-order valence-corrected chi connectivity index (χ2v) is 4.86. The van der Waals surface area contributed by atoms with Gasteiger partial charge in [0.2, 0.25) is 0 Å². The van der Waals surface area contributed by atoms with Gasteiger partial charge in [0, 0.05) is 24.6 Å². The number of rotatable bonds is 5. The fourth-order valence-electron chi connectivity index (χ4n) is 1.03. The number of pyridine rings is 1. The van der Waals surface area contributed by atoms with E-state index >= 15 is 0 Å². The van der Waals surface area contributed by atoms with E-state index in [9.17, 15) is 0 Å². The van der Waals surface area contributed by atoms with Gasteiger partial charge in [-0.3, -0.25) is 0 Å². The topological polar surface area (TPSA) is 59.1 Å². The Balaban J connectivity index is 2.50. The van der Waals surface area contributed by atoms with Crippen molar-refractivity contribution in [2.24, 2.45) is 11.7 Å². The SMILES string of the molecule is CC(CO)CSc1ccc([C@H](C)N)cn1. The number of aliphatic hydroxyl groups excluding tert-OH is 1. The second-order valence-electron chi connectivity index (χ2n) is 3.82. The molecule has 1 aromatic rings. The van der Waals surface area contributed by atoms with E-state index in [0.717, 1.165) is 16.3 Å². The summed E-state index contributed by atoms with van der Waals surface area (Å²) >= 11 is 1.66. The number of aromatic nitrogens is 1. The Morgan fingerprint density at radius 3 is 2.67 bits per heavy atom. The minimum atomic E-state index is 0.0351. The first-order valence-electron chi connectivity index (χ1n) is 5.08. The average molecular weight is 226 g/mol. The molecule has 0 aromatic carbocycles. The van der Waals surface area contributed by atoms with E-state index in [4.69, 9.17) is 10.8 Å². The number of nitrogens with zero attached hydrogens (tertiary/aromatic N) is 1. The van der Waals surface area contributed by atoms with Gasteiger partial charge in [-0.2, -0.15) is 0 Å². The quantitative estimate of drug-likeness (QED) is 0.752. The molecule has 3 N–H and O–H groups in total. The molecule has 0 aliphatic carbocycles. The highest BCUT2D eigenvalue weighted by molar-refractivity contribution is 7.99. The lowest BCUT2D eigenvalue weighted by atomic mass is 10.2. The Labute approximate surface area is 95.1 Å². The molecular formula is C11H18N2OS. The summed E-state index contributed by atoms with van der Waals surface area (Å²) in [7, 11) is 0. The zero-order valence-electron chi connectivity index (χ0n) is 9.18. The highest BCUT2D eigenvalue weighted by atomic mass is 32.2. The van der Waals surface area contributed by atoms with Crippen molar-refractivity contribution in [2.45, 2.75) is 24.9 Å². The van der Waals surface area contributed by atoms with Crippen LogP contribution in [0.3, 0.4) is 0 Å². The molecule has 2 atom stereocenters. The lowest BCUT2D eigenvalue weighted by Crippen LogP contribution is -2.06. The monoisotopic (exact) mass is 226 g/mol. The molecule has 0 fully saturated rings. The third-order valence-electron chi connectivity index (χ3n) is 2.11. The molecule has 0 spiro atoms. The largest absolute Gasteiger partial charge is 0.396 e. The van der Waals surface area contributed by atoms with Crippen LogP contribution in [0.2, 0.25) is 0 Å². The van der Waals surface area contributed by atoms with Crippen molar-refractivity contribution >= 4 is 11.8 Å². The van der Waals surface area contributed by atoms with Crippen LogP contribution in [0.1, 0.15) is 25.5 Å². The standard InChI is InChI=1S/C11H18N2OS/c1-8(6-14)7-15-11-4-3-10(5-13-11)9(2)12/h3-5,8-9,14H,6-7,12H2,1-2H3/t8?,9-/m0/s1. The molecule has 1 unspecified atom stereocenters. The molecule has 84 valence electrons. The van der Waals surface area contributed by atoms with Gasteiger partial charge in [-0.05, 0) is 24.5 Å². The second kappa shape index (κ2) is 6.10. The molecule has 15 heavy (non-hydrogen) atoms. The number of aliphatic hydroxyl groups is 1. The van der Waals surface area contributed by atoms with E-state index in [0.29, 0.717) is 5.92 Å². The van der Waals surface area contributed by atoms with E-state index in [1.807, 2.05) is 32.2 Å². The molecule has 0 aliphatic heterocycles. The predicted octanol–water partition coefficient (Wildman–Crippen LogP) is 1.82. The molecule has 0 amide bonds. The maximum Gasteiger partial charge on any atom is 0.0960 e. The van der Waals surface area contributed by atoms with Crippen molar-refractivity contribution in [3.05, 3.63) is 23.9 Å². The molecule has 0 bridgehead atoms. The third-order valence-corrected chi connectivity index (χ3v) is 3.39. The highest BCUT2D eigenvalue weighted by Gasteiger charge is 2.03. The van der Waals surface area contributed by atoms with Crippen LogP contribution in [0.4, 0.5) is 0 Å². The van der Waals surface area contributed by atoms with Gasteiger partial charge in [0.15, 0.2) is 0 Å². The molecular weight excluding hydrogens is 208 g/mol. The van der Waals surface area contributed by atoms with E-state index in [-0.39, 0.29) is 12.6 Å². The van der Waals surface area contributed by atoms with Crippen LogP contribution in [0, 0.1) is 5.92 Å². The average Bonchev–Trinajstić information content (AvgIpc) is 2.26. The molecule has 0 aliphatic rings. The molecule has 0 saturated heterocycles. The van der Waals surface area contributed by atoms with Crippen molar-refractivity contribution in [2.75, 3.05) is 12.4 Å². The van der Waals surface area contributed by atoms with E-state index in [2.05, 4.69) is 4.98 Å². The van der Waals surface area contributed by atoms with Crippen LogP contribution in [-0.4, -0.2) is 22.5 Å². The highest BCUT2D eigenvalue weighted by Crippen LogP contribution is 2.19. The number of nitrogens with two attached hydrogens (primary N) is 1. The van der Waals surface area contributed by atoms with Gasteiger partial charge >= 0.3 is 0 Å². The molecule has 1 aromatic heterocycles. The number of hydrogen-bond acceptors (Lipinski definition) is 4. The van der Waals surface area contributed by atoms with Crippen molar-refractivity contribution in [3.8, 4) is 0 Å². The molecule has 0 radical (unpaired) electrons. The van der Waals surface area contributed by atoms with E-state index in [1.54, 1.807) is 11.8 Å². The van der Waals surface area contributed by atoms with Crippen molar-refractivity contribution < 1.29 is 5.11 Å². The molecule has 1 heterocycles. The summed E-state index contributed by atoms with van der Waals surface area (Å²) in [6, 6.07) is 4.02. The van der Waals surface area contributed by atoms with Crippen molar-refractivity contribution in [3.63, 3.8) is 0 Å². The lowest BCUT2D eigenvalue weighted by Gasteiger charge is -2.08. The van der Waals surface area contributed by atoms with E-state index < -0.39 is 0 Å². The summed E-state index contributed by atoms with van der Waals surface area (Å²) in [5.74, 6) is 1.20. The lowest BCUT2D eigenvalue weighted by molar-refractivity contribution is 0.250. The predicted molar refractivity (Wildman–Crippen MR) is 63.8 cm³/mol. The van der Waals surface area contributed by atoms with Gasteiger partial charge in [0.1, 0.15) is 0 Å². The van der Waals surface area contributed by atoms with Crippen LogP contribution in [0.5, 0.6) is 0 Å². The number of hydrogen-bond donors (Lipinski definition) is 2. The first-order chi connectivity index (χ1) is 7.13. The zero-order valence-corrected chi connectivity index (χ0v) is 10.00. The van der Waals surface area contributed by atoms with Gasteiger partial charge in [-0.25, -0.2) is 4.98 Å². The Morgan fingerprint density at radius 2 is 2.20 bits per heavy atom. The molecule has 0 saturated carbocycles. The zero-order chi connectivity index (χ0) is 11.3. The summed E-state index contributed by atoms with van der Waals surface area (Å²) in [5, 5.41) is 9.87. The van der Waals surface area contributed by atoms with Crippen LogP contribution in [0.15, 0.2) is 23.4 Å². The summed E-state index contributed by atoms with van der Waals surface area (Å²) in [6.07, 6.45) is 1.82. The van der Waals surface area contributed by atoms with Crippen LogP contribution in [-0.2, 0) is 0 Å². The van der Waals surface area contributed by atoms with Gasteiger partial charge in [0.05, 0.1) is 5.03 Å². The minimum absolute atomic E-state index is 0.0351. The minimum Gasteiger partial charge on any atom is -0.396 e. The van der Waals surface area contributed by atoms with Crippen molar-refractivity contribution in [1.82, 2.24) is 4.98 Å². The van der Waals surface area contributed by atoms with Gasteiger partial charge in [0.25, 0.3) is 0 Å². The maximum absolute atomic E-state index is 8.88. The first kappa shape index (κ1) is 12.5. The third kappa shape index (κ3) is 4.20. The fraction of sp³-hybridized carbons (Fsp3) is 0.545. The molecule has 3 nitrogen and oxygen atoms in total. The van der Waals surface area contributed by atoms with Gasteiger partial charge < -0.3 is 10.8 Å². The summed E-state index contributed by atoms with van der Waals surface area (Å²) in [4.78, 5) is 4.31. The van der Waals surface area contributed by atoms with Crippen LogP contribution >= 0.6 is 11.8 Å². The maximum atomic E-state index is 8.88. The van der Waals surface area contributed by atoms with Crippen LogP contribution < -0.4 is 5.73 Å². The van der Waals surface area contributed by atoms with Gasteiger partial charge in [-0.1, -0.05) is 13.0 Å². The smallest absolute Gasteiger partial charge is 0.0960 e. The number of thioether (sulfide) groups is 1. The molecule has 4 heteroatoms. The summed E-state index contributed by atoms with van der Waals surface area (Å²) in [5.41, 5.74) is 6.78. The first-order valence-corrected chi connectivity index (χ1v) is 6.07. The Morgan fingerprint density at radius 1 is 1.47 bits per heavy atom. The fourth-order valence-corrected chi connectivity index (χ4v) is 1.88. The van der Waals surface area contributed by atoms with Gasteiger partial charge in [-0.15, -0.1) is 11.8 Å².